The fourth-order valence-electron chi connectivity index (χ4n) is 2.00. The smallest absolute Gasteiger partial charge is 0.110 e. The van der Waals surface area contributed by atoms with E-state index >= 15 is 0 Å². The van der Waals surface area contributed by atoms with Crippen LogP contribution in [0.15, 0.2) is 40.3 Å². The van der Waals surface area contributed by atoms with Gasteiger partial charge in [-0.15, -0.1) is 0 Å². The fourth-order valence-corrected chi connectivity index (χ4v) is 3.15. The van der Waals surface area contributed by atoms with Gasteiger partial charge in [-0.1, -0.05) is 43.8 Å². The van der Waals surface area contributed by atoms with Gasteiger partial charge in [-0.05, 0) is 24.6 Å². The summed E-state index contributed by atoms with van der Waals surface area (Å²) in [6, 6.07) is 10.4. The maximum atomic E-state index is 5.66. The van der Waals surface area contributed by atoms with Crippen LogP contribution in [0.1, 0.15) is 31.3 Å². The van der Waals surface area contributed by atoms with Crippen LogP contribution in [-0.2, 0) is 13.5 Å². The lowest BCUT2D eigenvalue weighted by molar-refractivity contribution is 0.726. The van der Waals surface area contributed by atoms with Crippen molar-refractivity contribution in [2.75, 3.05) is 6.54 Å². The third-order valence-electron chi connectivity index (χ3n) is 3.03. The summed E-state index contributed by atoms with van der Waals surface area (Å²) >= 11 is 1.78. The first-order chi connectivity index (χ1) is 9.13. The Labute approximate surface area is 119 Å². The first kappa shape index (κ1) is 14.2. The fraction of sp³-hybridized carbons (Fsp3) is 0.400. The second-order valence-corrected chi connectivity index (χ2v) is 5.95. The van der Waals surface area contributed by atoms with E-state index in [1.165, 1.54) is 15.6 Å². The first-order valence-electron chi connectivity index (χ1n) is 6.62. The standard InChI is InChI=1S/C15H21N3S/c1-11(2)14-15(18(3)13(17-14)9-10-16)19-12-7-5-4-6-8-12/h4-8,11H,9-10,16H2,1-3H3. The average Bonchev–Trinajstić information content (AvgIpc) is 2.70. The van der Waals surface area contributed by atoms with Crippen molar-refractivity contribution in [1.82, 2.24) is 9.55 Å². The summed E-state index contributed by atoms with van der Waals surface area (Å²) in [6.45, 7) is 5.01. The predicted octanol–water partition coefficient (Wildman–Crippen LogP) is 3.20. The van der Waals surface area contributed by atoms with Crippen molar-refractivity contribution in [1.29, 1.82) is 0 Å². The van der Waals surface area contributed by atoms with Gasteiger partial charge in [-0.25, -0.2) is 4.98 Å². The third-order valence-corrected chi connectivity index (χ3v) is 4.22. The van der Waals surface area contributed by atoms with Crippen LogP contribution in [0.3, 0.4) is 0 Å². The van der Waals surface area contributed by atoms with Crippen LogP contribution in [-0.4, -0.2) is 16.1 Å². The molecule has 0 aliphatic heterocycles. The van der Waals surface area contributed by atoms with Gasteiger partial charge in [0.05, 0.1) is 5.69 Å². The highest BCUT2D eigenvalue weighted by Gasteiger charge is 2.17. The van der Waals surface area contributed by atoms with Gasteiger partial charge in [-0.3, -0.25) is 0 Å². The van der Waals surface area contributed by atoms with E-state index in [0.29, 0.717) is 12.5 Å². The molecule has 0 saturated heterocycles. The summed E-state index contributed by atoms with van der Waals surface area (Å²) in [7, 11) is 2.08. The maximum Gasteiger partial charge on any atom is 0.110 e. The Morgan fingerprint density at radius 3 is 2.53 bits per heavy atom. The molecule has 2 aromatic rings. The van der Waals surface area contributed by atoms with Gasteiger partial charge < -0.3 is 10.3 Å². The topological polar surface area (TPSA) is 43.8 Å². The molecule has 0 bridgehead atoms. The molecule has 2 N–H and O–H groups in total. The molecule has 102 valence electrons. The van der Waals surface area contributed by atoms with Crippen LogP contribution >= 0.6 is 11.8 Å². The number of hydrogen-bond donors (Lipinski definition) is 1. The molecule has 0 fully saturated rings. The molecule has 0 saturated carbocycles. The highest BCUT2D eigenvalue weighted by Crippen LogP contribution is 2.34. The van der Waals surface area contributed by atoms with Crippen LogP contribution in [0.5, 0.6) is 0 Å². The molecule has 3 nitrogen and oxygen atoms in total. The van der Waals surface area contributed by atoms with E-state index in [1.807, 2.05) is 6.07 Å². The molecule has 19 heavy (non-hydrogen) atoms. The highest BCUT2D eigenvalue weighted by molar-refractivity contribution is 7.99. The van der Waals surface area contributed by atoms with E-state index in [-0.39, 0.29) is 0 Å². The SMILES string of the molecule is CC(C)c1nc(CCN)n(C)c1Sc1ccccc1. The average molecular weight is 275 g/mol. The molecule has 0 aliphatic carbocycles. The zero-order valence-electron chi connectivity index (χ0n) is 11.8. The minimum absolute atomic E-state index is 0.420. The number of rotatable bonds is 5. The van der Waals surface area contributed by atoms with E-state index in [9.17, 15) is 0 Å². The highest BCUT2D eigenvalue weighted by atomic mass is 32.2. The van der Waals surface area contributed by atoms with Crippen molar-refractivity contribution < 1.29 is 0 Å². The molecule has 0 unspecified atom stereocenters. The number of aromatic nitrogens is 2. The van der Waals surface area contributed by atoms with Gasteiger partial charge in [0.2, 0.25) is 0 Å². The van der Waals surface area contributed by atoms with Gasteiger partial charge in [0, 0.05) is 18.4 Å². The predicted molar refractivity (Wildman–Crippen MR) is 80.6 cm³/mol. The number of benzene rings is 1. The minimum atomic E-state index is 0.420. The van der Waals surface area contributed by atoms with Crippen molar-refractivity contribution >= 4 is 11.8 Å². The Balaban J connectivity index is 2.37. The number of imidazole rings is 1. The Morgan fingerprint density at radius 2 is 1.95 bits per heavy atom. The van der Waals surface area contributed by atoms with Crippen molar-refractivity contribution in [2.24, 2.45) is 12.8 Å². The quantitative estimate of drug-likeness (QED) is 0.911. The normalized spacial score (nSPS) is 11.2. The number of nitrogens with zero attached hydrogens (tertiary/aromatic N) is 2. The van der Waals surface area contributed by atoms with E-state index < -0.39 is 0 Å². The van der Waals surface area contributed by atoms with E-state index in [1.54, 1.807) is 11.8 Å². The van der Waals surface area contributed by atoms with Gasteiger partial charge in [0.25, 0.3) is 0 Å². The first-order valence-corrected chi connectivity index (χ1v) is 7.43. The molecule has 2 rings (SSSR count). The van der Waals surface area contributed by atoms with Crippen LogP contribution in [0.25, 0.3) is 0 Å². The largest absolute Gasteiger partial charge is 0.330 e. The van der Waals surface area contributed by atoms with Crippen LogP contribution in [0, 0.1) is 0 Å². The van der Waals surface area contributed by atoms with Gasteiger partial charge in [0.1, 0.15) is 10.9 Å². The second kappa shape index (κ2) is 6.26. The Hall–Kier alpha value is -1.26. The Kier molecular flexibility index (Phi) is 4.66. The molecule has 0 amide bonds. The molecule has 0 aliphatic rings. The minimum Gasteiger partial charge on any atom is -0.330 e. The maximum absolute atomic E-state index is 5.66. The van der Waals surface area contributed by atoms with E-state index in [2.05, 4.69) is 49.7 Å². The monoisotopic (exact) mass is 275 g/mol. The molecular weight excluding hydrogens is 254 g/mol. The molecule has 1 aromatic heterocycles. The lowest BCUT2D eigenvalue weighted by Crippen LogP contribution is -2.08. The molecule has 1 aromatic carbocycles. The molecular formula is C15H21N3S. The lowest BCUT2D eigenvalue weighted by atomic mass is 10.1. The van der Waals surface area contributed by atoms with Gasteiger partial charge in [0.15, 0.2) is 0 Å². The molecule has 0 spiro atoms. The van der Waals surface area contributed by atoms with Gasteiger partial charge >= 0.3 is 0 Å². The van der Waals surface area contributed by atoms with Gasteiger partial charge in [-0.2, -0.15) is 0 Å². The third kappa shape index (κ3) is 3.19. The summed E-state index contributed by atoms with van der Waals surface area (Å²) in [5.41, 5.74) is 6.82. The summed E-state index contributed by atoms with van der Waals surface area (Å²) in [5.74, 6) is 1.49. The van der Waals surface area contributed by atoms with Crippen molar-refractivity contribution in [3.8, 4) is 0 Å². The lowest BCUT2D eigenvalue weighted by Gasteiger charge is -2.08. The Bertz CT molecular complexity index is 532. The summed E-state index contributed by atoms with van der Waals surface area (Å²) < 4.78 is 2.18. The zero-order chi connectivity index (χ0) is 13.8. The summed E-state index contributed by atoms with van der Waals surface area (Å²) in [5, 5.41) is 1.23. The zero-order valence-corrected chi connectivity index (χ0v) is 12.6. The summed E-state index contributed by atoms with van der Waals surface area (Å²) in [6.07, 6.45) is 0.825. The van der Waals surface area contributed by atoms with Crippen LogP contribution < -0.4 is 5.73 Å². The molecule has 4 heteroatoms. The van der Waals surface area contributed by atoms with Crippen LogP contribution in [0.2, 0.25) is 0 Å². The Morgan fingerprint density at radius 1 is 1.26 bits per heavy atom. The number of nitrogens with two attached hydrogens (primary N) is 1. The second-order valence-electron chi connectivity index (χ2n) is 4.89. The summed E-state index contributed by atoms with van der Waals surface area (Å²) in [4.78, 5) is 6.00. The number of hydrogen-bond acceptors (Lipinski definition) is 3. The van der Waals surface area contributed by atoms with Crippen molar-refractivity contribution in [2.45, 2.75) is 36.1 Å². The molecule has 1 heterocycles. The van der Waals surface area contributed by atoms with Crippen molar-refractivity contribution in [3.63, 3.8) is 0 Å². The van der Waals surface area contributed by atoms with Crippen molar-refractivity contribution in [3.05, 3.63) is 41.9 Å². The van der Waals surface area contributed by atoms with Crippen LogP contribution in [0.4, 0.5) is 0 Å². The van der Waals surface area contributed by atoms with E-state index in [4.69, 9.17) is 10.7 Å². The molecule has 0 atom stereocenters. The van der Waals surface area contributed by atoms with E-state index in [0.717, 1.165) is 12.2 Å². The molecule has 0 radical (unpaired) electrons.